The van der Waals surface area contributed by atoms with Gasteiger partial charge in [0.1, 0.15) is 6.29 Å². The minimum atomic E-state index is -0.218. The summed E-state index contributed by atoms with van der Waals surface area (Å²) in [6.07, 6.45) is 9.41. The molecule has 3 N–H and O–H groups in total. The molecule has 2 aromatic heterocycles. The first-order valence-corrected chi connectivity index (χ1v) is 17.7. The van der Waals surface area contributed by atoms with E-state index in [1.54, 1.807) is 24.3 Å². The number of carbonyl (C=O) groups is 2. The molecule has 264 valence electrons. The molecule has 5 aromatic rings. The molecule has 0 saturated heterocycles. The predicted molar refractivity (Wildman–Crippen MR) is 209 cm³/mol. The van der Waals surface area contributed by atoms with Crippen LogP contribution in [0.3, 0.4) is 0 Å². The van der Waals surface area contributed by atoms with Gasteiger partial charge in [0.05, 0.1) is 6.54 Å². The van der Waals surface area contributed by atoms with E-state index >= 15 is 0 Å². The number of amides is 1. The zero-order valence-electron chi connectivity index (χ0n) is 30.8. The summed E-state index contributed by atoms with van der Waals surface area (Å²) in [6, 6.07) is 23.6. The lowest BCUT2D eigenvalue weighted by atomic mass is 9.90. The Morgan fingerprint density at radius 1 is 0.960 bits per heavy atom. The molecular formula is C42H54N6O2. The Morgan fingerprint density at radius 3 is 2.30 bits per heavy atom. The highest BCUT2D eigenvalue weighted by Crippen LogP contribution is 2.35. The predicted octanol–water partition coefficient (Wildman–Crippen LogP) is 9.22. The molecule has 5 rings (SSSR count). The van der Waals surface area contributed by atoms with Crippen molar-refractivity contribution in [2.45, 2.75) is 79.8 Å². The van der Waals surface area contributed by atoms with Crippen LogP contribution in [0.25, 0.3) is 27.9 Å². The number of carbonyl (C=O) groups excluding carboxylic acids is 2. The molecule has 8 heteroatoms. The summed E-state index contributed by atoms with van der Waals surface area (Å²) >= 11 is 0. The second-order valence-corrected chi connectivity index (χ2v) is 12.0. The standard InChI is InChI=1S/C32H31N5O2.C8H17N.C2H6/c1-4-16-33-19-30-35-31-18-25(15-17-37(31)36-30)26-7-5-8-27(21(26)2)28-9-6-10-29(22(28)3)34-32(39)24-13-11-23(20-38)12-14-24;1-4-5-6-7-8(2)9-3;1-2/h5-15,17-18,20,33H,4,16,19H2,1-3H3,(H,34,39);4,8-9H,1,5-7H2,2-3H3;1-2H3. The molecule has 1 amide bonds. The number of aldehydes is 1. The normalized spacial score (nSPS) is 11.1. The zero-order valence-corrected chi connectivity index (χ0v) is 30.8. The van der Waals surface area contributed by atoms with Crippen LogP contribution in [0.1, 0.15) is 91.0 Å². The number of benzene rings is 3. The van der Waals surface area contributed by atoms with Crippen molar-refractivity contribution in [3.8, 4) is 22.3 Å². The summed E-state index contributed by atoms with van der Waals surface area (Å²) in [5.74, 6) is 0.560. The summed E-state index contributed by atoms with van der Waals surface area (Å²) in [4.78, 5) is 28.5. The Hall–Kier alpha value is -4.92. The van der Waals surface area contributed by atoms with Crippen molar-refractivity contribution in [1.29, 1.82) is 0 Å². The average molecular weight is 675 g/mol. The van der Waals surface area contributed by atoms with Crippen LogP contribution in [-0.2, 0) is 6.54 Å². The average Bonchev–Trinajstić information content (AvgIpc) is 3.56. The quantitative estimate of drug-likeness (QED) is 0.0617. The lowest BCUT2D eigenvalue weighted by Gasteiger charge is -2.17. The van der Waals surface area contributed by atoms with Gasteiger partial charge in [-0.05, 0) is 124 Å². The van der Waals surface area contributed by atoms with Gasteiger partial charge in [0.15, 0.2) is 11.5 Å². The molecule has 1 atom stereocenters. The molecule has 0 aliphatic carbocycles. The molecule has 0 saturated carbocycles. The number of fused-ring (bicyclic) bond motifs is 1. The Bertz CT molecular complexity index is 1830. The fraction of sp³-hybridized carbons (Fsp3) is 0.333. The second-order valence-electron chi connectivity index (χ2n) is 12.0. The number of nitrogens with one attached hydrogen (secondary N) is 3. The van der Waals surface area contributed by atoms with E-state index in [9.17, 15) is 9.59 Å². The van der Waals surface area contributed by atoms with E-state index in [2.05, 4.69) is 84.8 Å². The van der Waals surface area contributed by atoms with Gasteiger partial charge >= 0.3 is 0 Å². The van der Waals surface area contributed by atoms with Crippen molar-refractivity contribution in [3.05, 3.63) is 120 Å². The number of aromatic nitrogens is 3. The van der Waals surface area contributed by atoms with Crippen molar-refractivity contribution in [2.24, 2.45) is 0 Å². The second kappa shape index (κ2) is 20.6. The summed E-state index contributed by atoms with van der Waals surface area (Å²) < 4.78 is 1.81. The van der Waals surface area contributed by atoms with Gasteiger partial charge in [0.25, 0.3) is 5.91 Å². The van der Waals surface area contributed by atoms with E-state index in [0.29, 0.717) is 23.7 Å². The van der Waals surface area contributed by atoms with Crippen molar-refractivity contribution < 1.29 is 9.59 Å². The van der Waals surface area contributed by atoms with E-state index < -0.39 is 0 Å². The zero-order chi connectivity index (χ0) is 36.5. The van der Waals surface area contributed by atoms with Crippen LogP contribution in [-0.4, -0.2) is 46.4 Å². The molecular weight excluding hydrogens is 621 g/mol. The van der Waals surface area contributed by atoms with Gasteiger partial charge in [-0.25, -0.2) is 9.50 Å². The van der Waals surface area contributed by atoms with Crippen LogP contribution < -0.4 is 16.0 Å². The van der Waals surface area contributed by atoms with Crippen LogP contribution in [0.15, 0.2) is 91.6 Å². The minimum absolute atomic E-state index is 0.218. The maximum absolute atomic E-state index is 12.9. The molecule has 0 radical (unpaired) electrons. The van der Waals surface area contributed by atoms with Gasteiger partial charge in [0.2, 0.25) is 0 Å². The molecule has 1 unspecified atom stereocenters. The molecule has 8 nitrogen and oxygen atoms in total. The highest BCUT2D eigenvalue weighted by molar-refractivity contribution is 6.05. The van der Waals surface area contributed by atoms with E-state index in [0.717, 1.165) is 76.2 Å². The Balaban J connectivity index is 0.000000536. The third-order valence-corrected chi connectivity index (χ3v) is 8.46. The van der Waals surface area contributed by atoms with Gasteiger partial charge in [-0.1, -0.05) is 69.3 Å². The minimum Gasteiger partial charge on any atom is -0.322 e. The largest absolute Gasteiger partial charge is 0.322 e. The van der Waals surface area contributed by atoms with Gasteiger partial charge in [-0.15, -0.1) is 11.7 Å². The van der Waals surface area contributed by atoms with E-state index in [1.165, 1.54) is 12.8 Å². The lowest BCUT2D eigenvalue weighted by Crippen LogP contribution is -2.20. The summed E-state index contributed by atoms with van der Waals surface area (Å²) in [5.41, 5.74) is 9.05. The monoisotopic (exact) mass is 674 g/mol. The molecule has 3 aromatic carbocycles. The first kappa shape index (κ1) is 39.5. The number of nitrogens with zero attached hydrogens (tertiary/aromatic N) is 3. The number of anilines is 1. The van der Waals surface area contributed by atoms with Crippen molar-refractivity contribution >= 4 is 23.5 Å². The first-order valence-electron chi connectivity index (χ1n) is 17.7. The smallest absolute Gasteiger partial charge is 0.255 e. The van der Waals surface area contributed by atoms with Gasteiger partial charge in [-0.2, -0.15) is 0 Å². The van der Waals surface area contributed by atoms with E-state index in [4.69, 9.17) is 4.98 Å². The maximum Gasteiger partial charge on any atom is 0.255 e. The summed E-state index contributed by atoms with van der Waals surface area (Å²) in [5, 5.41) is 14.1. The van der Waals surface area contributed by atoms with Crippen LogP contribution in [0.2, 0.25) is 0 Å². The Labute approximate surface area is 298 Å². The highest BCUT2D eigenvalue weighted by Gasteiger charge is 2.15. The topological polar surface area (TPSA) is 100 Å². The number of rotatable bonds is 14. The number of allylic oxidation sites excluding steroid dienone is 1. The fourth-order valence-electron chi connectivity index (χ4n) is 5.47. The third-order valence-electron chi connectivity index (χ3n) is 8.46. The number of pyridine rings is 1. The third kappa shape index (κ3) is 10.8. The van der Waals surface area contributed by atoms with Gasteiger partial charge < -0.3 is 16.0 Å². The number of unbranched alkanes of at least 4 members (excludes halogenated alkanes) is 1. The molecule has 0 aliphatic heterocycles. The van der Waals surface area contributed by atoms with Gasteiger partial charge in [0, 0.05) is 29.1 Å². The lowest BCUT2D eigenvalue weighted by molar-refractivity contribution is 0.102. The van der Waals surface area contributed by atoms with E-state index in [-0.39, 0.29) is 5.91 Å². The van der Waals surface area contributed by atoms with Crippen LogP contribution in [0.4, 0.5) is 5.69 Å². The first-order chi connectivity index (χ1) is 24.3. The number of hydrogen-bond donors (Lipinski definition) is 3. The summed E-state index contributed by atoms with van der Waals surface area (Å²) in [6.45, 7) is 17.7. The van der Waals surface area contributed by atoms with Crippen LogP contribution in [0, 0.1) is 13.8 Å². The van der Waals surface area contributed by atoms with Crippen molar-refractivity contribution in [3.63, 3.8) is 0 Å². The SMILES string of the molecule is C=CCCCC(C)NC.CC.CCCNCc1nc2cc(-c3cccc(-c4cccc(NC(=O)c5ccc(C=O)cc5)c4C)c3C)ccn2n1. The van der Waals surface area contributed by atoms with E-state index in [1.807, 2.05) is 56.7 Å². The molecule has 50 heavy (non-hydrogen) atoms. The molecule has 0 spiro atoms. The number of hydrogen-bond acceptors (Lipinski definition) is 6. The highest BCUT2D eigenvalue weighted by atomic mass is 16.1. The van der Waals surface area contributed by atoms with Crippen molar-refractivity contribution in [1.82, 2.24) is 25.2 Å². The maximum atomic E-state index is 12.9. The Kier molecular flexibility index (Phi) is 16.2. The molecule has 0 bridgehead atoms. The van der Waals surface area contributed by atoms with Crippen LogP contribution in [0.5, 0.6) is 0 Å². The van der Waals surface area contributed by atoms with Crippen LogP contribution >= 0.6 is 0 Å². The van der Waals surface area contributed by atoms with Gasteiger partial charge in [-0.3, -0.25) is 9.59 Å². The molecule has 0 aliphatic rings. The molecule has 0 fully saturated rings. The Morgan fingerprint density at radius 2 is 1.64 bits per heavy atom. The summed E-state index contributed by atoms with van der Waals surface area (Å²) in [7, 11) is 2.00. The fourth-order valence-corrected chi connectivity index (χ4v) is 5.47. The van der Waals surface area contributed by atoms with Crippen molar-refractivity contribution in [2.75, 3.05) is 18.9 Å². The molecule has 2 heterocycles.